The second kappa shape index (κ2) is 5.94. The highest BCUT2D eigenvalue weighted by molar-refractivity contribution is 7.11. The summed E-state index contributed by atoms with van der Waals surface area (Å²) in [6.45, 7) is 5.37. The quantitative estimate of drug-likeness (QED) is 0.876. The number of hydrogen-bond acceptors (Lipinski definition) is 4. The van der Waals surface area contributed by atoms with Crippen LogP contribution in [0.5, 0.6) is 0 Å². The molecule has 3 nitrogen and oxygen atoms in total. The third-order valence-corrected chi connectivity index (χ3v) is 4.68. The Morgan fingerprint density at radius 2 is 2.41 bits per heavy atom. The molecule has 2 rings (SSSR count). The van der Waals surface area contributed by atoms with E-state index in [1.807, 2.05) is 11.3 Å². The maximum atomic E-state index is 5.36. The number of thiazole rings is 1. The molecule has 1 heterocycles. The van der Waals surface area contributed by atoms with Crippen LogP contribution in [0.2, 0.25) is 0 Å². The molecule has 1 N–H and O–H groups in total. The van der Waals surface area contributed by atoms with Crippen LogP contribution >= 0.6 is 11.3 Å². The van der Waals surface area contributed by atoms with Crippen LogP contribution in [-0.4, -0.2) is 18.6 Å². The fourth-order valence-corrected chi connectivity index (χ4v) is 3.48. The third kappa shape index (κ3) is 2.87. The normalized spacial score (nSPS) is 21.2. The molecule has 0 aliphatic heterocycles. The van der Waals surface area contributed by atoms with E-state index < -0.39 is 0 Å². The molecule has 1 aliphatic carbocycles. The van der Waals surface area contributed by atoms with E-state index in [0.717, 1.165) is 18.0 Å². The van der Waals surface area contributed by atoms with Crippen molar-refractivity contribution in [3.63, 3.8) is 0 Å². The van der Waals surface area contributed by atoms with Gasteiger partial charge in [-0.3, -0.25) is 0 Å². The van der Waals surface area contributed by atoms with Gasteiger partial charge in [-0.1, -0.05) is 6.92 Å². The van der Waals surface area contributed by atoms with Crippen molar-refractivity contribution in [3.05, 3.63) is 15.6 Å². The average molecular weight is 254 g/mol. The summed E-state index contributed by atoms with van der Waals surface area (Å²) in [5.74, 6) is 0. The van der Waals surface area contributed by atoms with E-state index in [1.165, 1.54) is 29.8 Å². The van der Waals surface area contributed by atoms with E-state index >= 15 is 0 Å². The van der Waals surface area contributed by atoms with Crippen LogP contribution in [0.1, 0.15) is 60.8 Å². The Bertz CT molecular complexity index is 364. The fourth-order valence-electron chi connectivity index (χ4n) is 2.23. The molecule has 0 radical (unpaired) electrons. The Morgan fingerprint density at radius 1 is 1.59 bits per heavy atom. The first-order chi connectivity index (χ1) is 8.26. The summed E-state index contributed by atoms with van der Waals surface area (Å²) in [6, 6.07) is 0.522. The van der Waals surface area contributed by atoms with Gasteiger partial charge in [-0.25, -0.2) is 4.98 Å². The Balaban J connectivity index is 2.16. The first kappa shape index (κ1) is 13.0. The summed E-state index contributed by atoms with van der Waals surface area (Å²) < 4.78 is 5.36. The smallest absolute Gasteiger partial charge is 0.122 e. The maximum absolute atomic E-state index is 5.36. The number of hydrogen-bond donors (Lipinski definition) is 1. The van der Waals surface area contributed by atoms with Crippen molar-refractivity contribution in [1.82, 2.24) is 10.3 Å². The van der Waals surface area contributed by atoms with Gasteiger partial charge in [-0.15, -0.1) is 11.3 Å². The number of fused-ring (bicyclic) bond motifs is 1. The van der Waals surface area contributed by atoms with Crippen molar-refractivity contribution in [1.29, 1.82) is 0 Å². The highest BCUT2D eigenvalue weighted by atomic mass is 32.1. The molecule has 1 aliphatic rings. The number of rotatable bonds is 5. The molecule has 0 spiro atoms. The number of nitrogens with zero attached hydrogens (tertiary/aromatic N) is 1. The molecule has 2 unspecified atom stereocenters. The predicted octanol–water partition coefficient (Wildman–Crippen LogP) is 3.23. The van der Waals surface area contributed by atoms with Gasteiger partial charge in [-0.2, -0.15) is 0 Å². The van der Waals surface area contributed by atoms with Gasteiger partial charge >= 0.3 is 0 Å². The first-order valence-corrected chi connectivity index (χ1v) is 7.33. The van der Waals surface area contributed by atoms with Gasteiger partial charge in [0.1, 0.15) is 11.1 Å². The van der Waals surface area contributed by atoms with Crippen molar-refractivity contribution in [3.8, 4) is 0 Å². The molecule has 0 aromatic carbocycles. The summed E-state index contributed by atoms with van der Waals surface area (Å²) in [5, 5.41) is 4.75. The van der Waals surface area contributed by atoms with E-state index in [2.05, 4.69) is 19.2 Å². The number of aromatic nitrogens is 1. The second-order valence-electron chi connectivity index (χ2n) is 4.64. The molecule has 0 saturated carbocycles. The number of aryl methyl sites for hydroxylation is 1. The van der Waals surface area contributed by atoms with E-state index in [9.17, 15) is 0 Å². The van der Waals surface area contributed by atoms with Crippen molar-refractivity contribution < 1.29 is 4.74 Å². The van der Waals surface area contributed by atoms with Gasteiger partial charge < -0.3 is 10.1 Å². The predicted molar refractivity (Wildman–Crippen MR) is 71.5 cm³/mol. The molecule has 1 aromatic rings. The van der Waals surface area contributed by atoms with Crippen LogP contribution in [-0.2, 0) is 11.2 Å². The highest BCUT2D eigenvalue weighted by Crippen LogP contribution is 2.36. The van der Waals surface area contributed by atoms with E-state index in [-0.39, 0.29) is 6.10 Å². The molecule has 4 heteroatoms. The van der Waals surface area contributed by atoms with Crippen molar-refractivity contribution in [2.75, 3.05) is 13.7 Å². The third-order valence-electron chi connectivity index (χ3n) is 3.31. The largest absolute Gasteiger partial charge is 0.375 e. The van der Waals surface area contributed by atoms with Crippen molar-refractivity contribution in [2.45, 2.75) is 51.7 Å². The van der Waals surface area contributed by atoms with Crippen molar-refractivity contribution in [2.24, 2.45) is 0 Å². The molecule has 0 saturated heterocycles. The van der Waals surface area contributed by atoms with Gasteiger partial charge in [0, 0.05) is 18.0 Å². The Labute approximate surface area is 108 Å². The summed E-state index contributed by atoms with van der Waals surface area (Å²) in [5.41, 5.74) is 1.30. The zero-order chi connectivity index (χ0) is 12.3. The summed E-state index contributed by atoms with van der Waals surface area (Å²) >= 11 is 1.83. The van der Waals surface area contributed by atoms with Gasteiger partial charge in [0.25, 0.3) is 0 Å². The standard InChI is InChI=1S/C13H22N2OS/c1-4-8-14-10-6-5-7-11-12(10)17-13(15-11)9(2)16-3/h9-10,14H,4-8H2,1-3H3. The SMILES string of the molecule is CCCNC1CCCc2nc(C(C)OC)sc21. The van der Waals surface area contributed by atoms with Gasteiger partial charge in [-0.05, 0) is 39.2 Å². The molecule has 0 bridgehead atoms. The summed E-state index contributed by atoms with van der Waals surface area (Å²) in [7, 11) is 1.75. The molecular formula is C13H22N2OS. The van der Waals surface area contributed by atoms with E-state index in [4.69, 9.17) is 9.72 Å². The monoisotopic (exact) mass is 254 g/mol. The minimum absolute atomic E-state index is 0.123. The lowest BCUT2D eigenvalue weighted by atomic mass is 9.98. The second-order valence-corrected chi connectivity index (χ2v) is 5.70. The number of nitrogens with one attached hydrogen (secondary N) is 1. The zero-order valence-corrected chi connectivity index (χ0v) is 11.8. The van der Waals surface area contributed by atoms with Crippen LogP contribution < -0.4 is 5.32 Å². The average Bonchev–Trinajstić information content (AvgIpc) is 2.79. The van der Waals surface area contributed by atoms with E-state index in [0.29, 0.717) is 6.04 Å². The lowest BCUT2D eigenvalue weighted by Crippen LogP contribution is -2.24. The Hall–Kier alpha value is -0.450. The molecular weight excluding hydrogens is 232 g/mol. The van der Waals surface area contributed by atoms with Crippen LogP contribution in [0.15, 0.2) is 0 Å². The van der Waals surface area contributed by atoms with Crippen LogP contribution in [0.4, 0.5) is 0 Å². The fraction of sp³-hybridized carbons (Fsp3) is 0.769. The summed E-state index contributed by atoms with van der Waals surface area (Å²) in [6.07, 6.45) is 4.94. The highest BCUT2D eigenvalue weighted by Gasteiger charge is 2.25. The van der Waals surface area contributed by atoms with Gasteiger partial charge in [0.05, 0.1) is 5.69 Å². The molecule has 96 valence electrons. The number of methoxy groups -OCH3 is 1. The molecule has 2 atom stereocenters. The lowest BCUT2D eigenvalue weighted by molar-refractivity contribution is 0.119. The molecule has 1 aromatic heterocycles. The first-order valence-electron chi connectivity index (χ1n) is 6.52. The Morgan fingerprint density at radius 3 is 3.12 bits per heavy atom. The molecule has 0 fully saturated rings. The maximum Gasteiger partial charge on any atom is 0.122 e. The minimum atomic E-state index is 0.123. The lowest BCUT2D eigenvalue weighted by Gasteiger charge is -2.22. The van der Waals surface area contributed by atoms with Crippen LogP contribution in [0.3, 0.4) is 0 Å². The van der Waals surface area contributed by atoms with Crippen LogP contribution in [0, 0.1) is 0 Å². The van der Waals surface area contributed by atoms with Gasteiger partial charge in [0.2, 0.25) is 0 Å². The minimum Gasteiger partial charge on any atom is -0.375 e. The van der Waals surface area contributed by atoms with E-state index in [1.54, 1.807) is 7.11 Å². The number of ether oxygens (including phenoxy) is 1. The molecule has 0 amide bonds. The zero-order valence-electron chi connectivity index (χ0n) is 11.0. The van der Waals surface area contributed by atoms with Crippen molar-refractivity contribution >= 4 is 11.3 Å². The summed E-state index contributed by atoms with van der Waals surface area (Å²) in [4.78, 5) is 6.18. The Kier molecular flexibility index (Phi) is 4.54. The topological polar surface area (TPSA) is 34.2 Å². The van der Waals surface area contributed by atoms with Crippen LogP contribution in [0.25, 0.3) is 0 Å². The van der Waals surface area contributed by atoms with Gasteiger partial charge in [0.15, 0.2) is 0 Å². The molecule has 17 heavy (non-hydrogen) atoms.